The SMILES string of the molecule is O=C(NO)c1ccc(N2CCN(S(=O)(=O)c3ccccc3C(F)(F)F)CC2)c(C(=O)O)c1. The van der Waals surface area contributed by atoms with E-state index in [1.807, 2.05) is 0 Å². The minimum Gasteiger partial charge on any atom is -0.478 e. The molecule has 2 aromatic rings. The van der Waals surface area contributed by atoms with Crippen molar-refractivity contribution in [3.8, 4) is 0 Å². The third kappa shape index (κ3) is 4.54. The molecule has 1 fully saturated rings. The van der Waals surface area contributed by atoms with Gasteiger partial charge in [-0.2, -0.15) is 17.5 Å². The lowest BCUT2D eigenvalue weighted by Crippen LogP contribution is -2.49. The largest absolute Gasteiger partial charge is 0.478 e. The number of sulfonamides is 1. The normalized spacial score (nSPS) is 15.4. The van der Waals surface area contributed by atoms with Crippen LogP contribution in [0.5, 0.6) is 0 Å². The number of carbonyl (C=O) groups excluding carboxylic acids is 1. The molecule has 0 bridgehead atoms. The standard InChI is InChI=1S/C19H18F3N3O6S/c20-19(21,22)14-3-1-2-4-16(14)32(30,31)25-9-7-24(8-10-25)15-6-5-12(17(26)23-29)11-13(15)18(27)28/h1-6,11,29H,7-10H2,(H,23,26)(H,27,28). The number of carboxylic acids is 1. The molecule has 32 heavy (non-hydrogen) atoms. The van der Waals surface area contributed by atoms with Crippen LogP contribution < -0.4 is 10.4 Å². The Labute approximate surface area is 180 Å². The van der Waals surface area contributed by atoms with Gasteiger partial charge in [0.1, 0.15) is 0 Å². The number of carboxylic acid groups (broad SMARTS) is 1. The van der Waals surface area contributed by atoms with Crippen LogP contribution in [-0.4, -0.2) is 61.1 Å². The van der Waals surface area contributed by atoms with Crippen molar-refractivity contribution in [3.63, 3.8) is 0 Å². The van der Waals surface area contributed by atoms with Crippen LogP contribution in [0.4, 0.5) is 18.9 Å². The number of anilines is 1. The minimum atomic E-state index is -4.84. The zero-order valence-corrected chi connectivity index (χ0v) is 17.2. The topological polar surface area (TPSA) is 127 Å². The fraction of sp³-hybridized carbons (Fsp3) is 0.263. The molecule has 0 aromatic heterocycles. The first-order valence-electron chi connectivity index (χ1n) is 9.20. The van der Waals surface area contributed by atoms with E-state index in [0.717, 1.165) is 22.5 Å². The molecule has 13 heteroatoms. The van der Waals surface area contributed by atoms with E-state index < -0.39 is 38.5 Å². The summed E-state index contributed by atoms with van der Waals surface area (Å²) in [6, 6.07) is 7.61. The molecular weight excluding hydrogens is 455 g/mol. The van der Waals surface area contributed by atoms with E-state index in [0.29, 0.717) is 6.07 Å². The molecule has 0 radical (unpaired) electrons. The molecular formula is C19H18F3N3O6S. The van der Waals surface area contributed by atoms with E-state index in [1.165, 1.54) is 23.7 Å². The Morgan fingerprint density at radius 2 is 1.62 bits per heavy atom. The average molecular weight is 473 g/mol. The van der Waals surface area contributed by atoms with Gasteiger partial charge >= 0.3 is 12.1 Å². The van der Waals surface area contributed by atoms with Gasteiger partial charge in [-0.25, -0.2) is 18.7 Å². The summed E-state index contributed by atoms with van der Waals surface area (Å²) >= 11 is 0. The Morgan fingerprint density at radius 1 is 1.00 bits per heavy atom. The summed E-state index contributed by atoms with van der Waals surface area (Å²) in [5.74, 6) is -2.25. The highest BCUT2D eigenvalue weighted by Crippen LogP contribution is 2.35. The van der Waals surface area contributed by atoms with Gasteiger partial charge < -0.3 is 10.0 Å². The molecule has 172 valence electrons. The van der Waals surface area contributed by atoms with Gasteiger partial charge in [0.25, 0.3) is 5.91 Å². The fourth-order valence-electron chi connectivity index (χ4n) is 3.42. The monoisotopic (exact) mass is 473 g/mol. The van der Waals surface area contributed by atoms with Crippen LogP contribution in [0, 0.1) is 0 Å². The van der Waals surface area contributed by atoms with Gasteiger partial charge in [-0.1, -0.05) is 12.1 Å². The van der Waals surface area contributed by atoms with Crippen molar-refractivity contribution in [3.05, 3.63) is 59.2 Å². The Balaban J connectivity index is 1.85. The summed E-state index contributed by atoms with van der Waals surface area (Å²) in [5.41, 5.74) is 0.00845. The molecule has 0 unspecified atom stereocenters. The Hall–Kier alpha value is -3.16. The maximum Gasteiger partial charge on any atom is 0.417 e. The lowest BCUT2D eigenvalue weighted by Gasteiger charge is -2.36. The number of amides is 1. The number of hydrogen-bond donors (Lipinski definition) is 3. The summed E-state index contributed by atoms with van der Waals surface area (Å²) in [5, 5.41) is 18.2. The first-order chi connectivity index (χ1) is 15.0. The quantitative estimate of drug-likeness (QED) is 0.448. The van der Waals surface area contributed by atoms with Crippen LogP contribution in [0.2, 0.25) is 0 Å². The van der Waals surface area contributed by atoms with Crippen molar-refractivity contribution < 1.29 is 41.5 Å². The number of alkyl halides is 3. The van der Waals surface area contributed by atoms with E-state index in [4.69, 9.17) is 5.21 Å². The van der Waals surface area contributed by atoms with Crippen LogP contribution in [0.3, 0.4) is 0 Å². The van der Waals surface area contributed by atoms with Gasteiger partial charge in [0.15, 0.2) is 0 Å². The van der Waals surface area contributed by atoms with Gasteiger partial charge in [0.05, 0.1) is 21.7 Å². The number of hydroxylamine groups is 1. The van der Waals surface area contributed by atoms with Crippen molar-refractivity contribution in [2.24, 2.45) is 0 Å². The summed E-state index contributed by atoms with van der Waals surface area (Å²) in [4.78, 5) is 23.9. The zero-order valence-electron chi connectivity index (χ0n) is 16.3. The Morgan fingerprint density at radius 3 is 2.19 bits per heavy atom. The number of carbonyl (C=O) groups is 2. The van der Waals surface area contributed by atoms with Crippen molar-refractivity contribution >= 4 is 27.6 Å². The molecule has 1 aliphatic rings. The lowest BCUT2D eigenvalue weighted by atomic mass is 10.1. The third-order valence-electron chi connectivity index (χ3n) is 4.98. The summed E-state index contributed by atoms with van der Waals surface area (Å²) in [6.45, 7) is -0.322. The second-order valence-electron chi connectivity index (χ2n) is 6.86. The van der Waals surface area contributed by atoms with Crippen molar-refractivity contribution in [1.82, 2.24) is 9.79 Å². The highest BCUT2D eigenvalue weighted by atomic mass is 32.2. The number of benzene rings is 2. The first kappa shape index (κ1) is 23.5. The third-order valence-corrected chi connectivity index (χ3v) is 6.94. The number of rotatable bonds is 5. The molecule has 1 heterocycles. The van der Waals surface area contributed by atoms with Gasteiger partial charge in [-0.15, -0.1) is 0 Å². The van der Waals surface area contributed by atoms with Crippen molar-refractivity contribution in [2.45, 2.75) is 11.1 Å². The van der Waals surface area contributed by atoms with Crippen LogP contribution in [0.15, 0.2) is 47.4 Å². The molecule has 3 rings (SSSR count). The van der Waals surface area contributed by atoms with E-state index >= 15 is 0 Å². The van der Waals surface area contributed by atoms with Crippen LogP contribution >= 0.6 is 0 Å². The number of nitrogens with one attached hydrogen (secondary N) is 1. The molecule has 1 saturated heterocycles. The molecule has 0 spiro atoms. The maximum atomic E-state index is 13.3. The van der Waals surface area contributed by atoms with Crippen molar-refractivity contribution in [1.29, 1.82) is 0 Å². The molecule has 0 aliphatic carbocycles. The number of hydrogen-bond acceptors (Lipinski definition) is 6. The Bertz CT molecular complexity index is 1150. The smallest absolute Gasteiger partial charge is 0.417 e. The van der Waals surface area contributed by atoms with Crippen molar-refractivity contribution in [2.75, 3.05) is 31.1 Å². The van der Waals surface area contributed by atoms with Crippen LogP contribution in [0.25, 0.3) is 0 Å². The molecule has 1 aliphatic heterocycles. The predicted octanol–water partition coefficient (Wildman–Crippen LogP) is 2.03. The highest BCUT2D eigenvalue weighted by molar-refractivity contribution is 7.89. The molecule has 3 N–H and O–H groups in total. The number of halogens is 3. The average Bonchev–Trinajstić information content (AvgIpc) is 2.77. The van der Waals surface area contributed by atoms with E-state index in [2.05, 4.69) is 0 Å². The van der Waals surface area contributed by atoms with Crippen LogP contribution in [-0.2, 0) is 16.2 Å². The summed E-state index contributed by atoms with van der Waals surface area (Å²) in [7, 11) is -4.44. The van der Waals surface area contributed by atoms with E-state index in [-0.39, 0.29) is 43.0 Å². The van der Waals surface area contributed by atoms with E-state index in [9.17, 15) is 36.3 Å². The minimum absolute atomic E-state index is 0.0131. The first-order valence-corrected chi connectivity index (χ1v) is 10.6. The van der Waals surface area contributed by atoms with E-state index in [1.54, 1.807) is 4.90 Å². The second-order valence-corrected chi connectivity index (χ2v) is 8.77. The summed E-state index contributed by atoms with van der Waals surface area (Å²) < 4.78 is 66.5. The Kier molecular flexibility index (Phi) is 6.44. The number of aromatic carboxylic acids is 1. The predicted molar refractivity (Wildman–Crippen MR) is 105 cm³/mol. The second kappa shape index (κ2) is 8.76. The van der Waals surface area contributed by atoms with Crippen LogP contribution in [0.1, 0.15) is 26.3 Å². The lowest BCUT2D eigenvalue weighted by molar-refractivity contribution is -0.139. The zero-order chi connectivity index (χ0) is 23.7. The molecule has 9 nitrogen and oxygen atoms in total. The fourth-order valence-corrected chi connectivity index (χ4v) is 5.06. The number of piperazine rings is 1. The van der Waals surface area contributed by atoms with Gasteiger partial charge in [0, 0.05) is 31.7 Å². The number of nitrogens with zero attached hydrogens (tertiary/aromatic N) is 2. The highest BCUT2D eigenvalue weighted by Gasteiger charge is 2.39. The van der Waals surface area contributed by atoms with Gasteiger partial charge in [-0.05, 0) is 30.3 Å². The molecule has 1 amide bonds. The van der Waals surface area contributed by atoms with Gasteiger partial charge in [0.2, 0.25) is 10.0 Å². The van der Waals surface area contributed by atoms with Gasteiger partial charge in [-0.3, -0.25) is 10.0 Å². The maximum absolute atomic E-state index is 13.3. The molecule has 2 aromatic carbocycles. The summed E-state index contributed by atoms with van der Waals surface area (Å²) in [6.07, 6.45) is -4.84. The molecule has 0 atom stereocenters. The molecule has 0 saturated carbocycles.